The standard InChI is InChI=1S/C28H25ClN4O3/c1-18-12-13-24(22(29)16-18)36-28(35)32-15-14-21-23(17-32)31-27(30)33(26(21)34)25(19-8-4-2-5-9-19)20-10-6-3-7-11-20/h2-13,16,25H,14-15,17H2,1H3,(H2,30,31). The van der Waals surface area contributed by atoms with Crippen LogP contribution in [0.3, 0.4) is 0 Å². The van der Waals surface area contributed by atoms with Gasteiger partial charge in [0.25, 0.3) is 5.56 Å². The van der Waals surface area contributed by atoms with E-state index in [0.717, 1.165) is 16.7 Å². The van der Waals surface area contributed by atoms with Gasteiger partial charge < -0.3 is 15.4 Å². The predicted molar refractivity (Wildman–Crippen MR) is 139 cm³/mol. The SMILES string of the molecule is Cc1ccc(OC(=O)N2CCc3c(nc(N)n(C(c4ccccc4)c4ccccc4)c3=O)C2)c(Cl)c1. The number of aromatic nitrogens is 2. The summed E-state index contributed by atoms with van der Waals surface area (Å²) in [5.41, 5.74) is 10.0. The molecule has 5 rings (SSSR count). The quantitative estimate of drug-likeness (QED) is 0.426. The number of hydrogen-bond acceptors (Lipinski definition) is 5. The van der Waals surface area contributed by atoms with E-state index < -0.39 is 12.1 Å². The Morgan fingerprint density at radius 3 is 2.28 bits per heavy atom. The van der Waals surface area contributed by atoms with Crippen molar-refractivity contribution in [3.05, 3.63) is 122 Å². The minimum absolute atomic E-state index is 0.0910. The van der Waals surface area contributed by atoms with E-state index in [0.29, 0.717) is 29.2 Å². The Kier molecular flexibility index (Phi) is 6.48. The lowest BCUT2D eigenvalue weighted by molar-refractivity contribution is 0.146. The number of amides is 1. The monoisotopic (exact) mass is 500 g/mol. The molecule has 0 bridgehead atoms. The minimum Gasteiger partial charge on any atom is -0.409 e. The van der Waals surface area contributed by atoms with E-state index in [-0.39, 0.29) is 23.8 Å². The summed E-state index contributed by atoms with van der Waals surface area (Å²) >= 11 is 6.21. The molecule has 0 fully saturated rings. The molecule has 8 heteroatoms. The normalized spacial score (nSPS) is 12.9. The first-order valence-corrected chi connectivity index (χ1v) is 12.0. The van der Waals surface area contributed by atoms with Crippen molar-refractivity contribution in [2.75, 3.05) is 12.3 Å². The molecule has 0 saturated carbocycles. The van der Waals surface area contributed by atoms with Gasteiger partial charge in [0, 0.05) is 12.1 Å². The van der Waals surface area contributed by atoms with Crippen molar-refractivity contribution in [1.82, 2.24) is 14.5 Å². The number of nitrogens with two attached hydrogens (primary N) is 1. The van der Waals surface area contributed by atoms with Crippen molar-refractivity contribution >= 4 is 23.6 Å². The highest BCUT2D eigenvalue weighted by molar-refractivity contribution is 6.32. The van der Waals surface area contributed by atoms with Crippen LogP contribution in [0.25, 0.3) is 0 Å². The Balaban J connectivity index is 1.47. The molecule has 0 unspecified atom stereocenters. The van der Waals surface area contributed by atoms with Crippen LogP contribution in [0, 0.1) is 6.92 Å². The number of carbonyl (C=O) groups is 1. The topological polar surface area (TPSA) is 90.4 Å². The summed E-state index contributed by atoms with van der Waals surface area (Å²) in [5.74, 6) is 0.378. The number of fused-ring (bicyclic) bond motifs is 1. The molecule has 36 heavy (non-hydrogen) atoms. The summed E-state index contributed by atoms with van der Waals surface area (Å²) in [5, 5.41) is 0.360. The second-order valence-electron chi connectivity index (χ2n) is 8.77. The van der Waals surface area contributed by atoms with Crippen LogP contribution in [0.1, 0.15) is 34.0 Å². The number of nitrogen functional groups attached to an aromatic ring is 1. The zero-order valence-corrected chi connectivity index (χ0v) is 20.5. The number of aryl methyl sites for hydroxylation is 1. The van der Waals surface area contributed by atoms with Gasteiger partial charge in [-0.15, -0.1) is 0 Å². The summed E-state index contributed by atoms with van der Waals surface area (Å²) in [4.78, 5) is 32.7. The third kappa shape index (κ3) is 4.57. The van der Waals surface area contributed by atoms with E-state index in [9.17, 15) is 9.59 Å². The van der Waals surface area contributed by atoms with Crippen molar-refractivity contribution in [3.8, 4) is 5.75 Å². The van der Waals surface area contributed by atoms with Gasteiger partial charge in [0.15, 0.2) is 5.75 Å². The maximum absolute atomic E-state index is 13.8. The van der Waals surface area contributed by atoms with E-state index in [4.69, 9.17) is 22.1 Å². The number of ether oxygens (including phenoxy) is 1. The average Bonchev–Trinajstić information content (AvgIpc) is 2.88. The summed E-state index contributed by atoms with van der Waals surface area (Å²) < 4.78 is 7.05. The number of carbonyl (C=O) groups excluding carboxylic acids is 1. The Hall–Kier alpha value is -4.10. The summed E-state index contributed by atoms with van der Waals surface area (Å²) in [6.45, 7) is 2.35. The molecule has 1 aromatic heterocycles. The number of hydrogen-bond donors (Lipinski definition) is 1. The van der Waals surface area contributed by atoms with Crippen LogP contribution in [0.2, 0.25) is 5.02 Å². The van der Waals surface area contributed by atoms with E-state index in [1.54, 1.807) is 16.7 Å². The molecule has 182 valence electrons. The molecule has 1 aliphatic rings. The van der Waals surface area contributed by atoms with Crippen molar-refractivity contribution in [1.29, 1.82) is 0 Å². The first-order chi connectivity index (χ1) is 17.4. The van der Waals surface area contributed by atoms with Gasteiger partial charge in [0.05, 0.1) is 23.3 Å². The zero-order chi connectivity index (χ0) is 25.2. The maximum Gasteiger partial charge on any atom is 0.415 e. The highest BCUT2D eigenvalue weighted by atomic mass is 35.5. The highest BCUT2D eigenvalue weighted by Crippen LogP contribution is 2.29. The van der Waals surface area contributed by atoms with Gasteiger partial charge in [0.1, 0.15) is 0 Å². The molecular weight excluding hydrogens is 476 g/mol. The predicted octanol–water partition coefficient (Wildman–Crippen LogP) is 4.98. The van der Waals surface area contributed by atoms with Gasteiger partial charge in [-0.25, -0.2) is 9.78 Å². The molecular formula is C28H25ClN4O3. The second-order valence-corrected chi connectivity index (χ2v) is 9.17. The van der Waals surface area contributed by atoms with E-state index in [1.807, 2.05) is 73.7 Å². The fourth-order valence-corrected chi connectivity index (χ4v) is 4.81. The molecule has 0 aliphatic carbocycles. The van der Waals surface area contributed by atoms with Crippen LogP contribution in [-0.2, 0) is 13.0 Å². The van der Waals surface area contributed by atoms with E-state index in [2.05, 4.69) is 4.98 Å². The first kappa shape index (κ1) is 23.6. The van der Waals surface area contributed by atoms with Crippen molar-refractivity contribution < 1.29 is 9.53 Å². The first-order valence-electron chi connectivity index (χ1n) is 11.6. The fraction of sp³-hybridized carbons (Fsp3) is 0.179. The van der Waals surface area contributed by atoms with Gasteiger partial charge >= 0.3 is 6.09 Å². The molecule has 0 atom stereocenters. The van der Waals surface area contributed by atoms with Crippen LogP contribution in [-0.4, -0.2) is 27.1 Å². The van der Waals surface area contributed by atoms with Gasteiger partial charge in [-0.1, -0.05) is 78.3 Å². The largest absolute Gasteiger partial charge is 0.415 e. The lowest BCUT2D eigenvalue weighted by Gasteiger charge is -2.29. The molecule has 3 aromatic carbocycles. The zero-order valence-electron chi connectivity index (χ0n) is 19.7. The number of nitrogens with zero attached hydrogens (tertiary/aromatic N) is 3. The van der Waals surface area contributed by atoms with Crippen LogP contribution in [0.5, 0.6) is 5.75 Å². The lowest BCUT2D eigenvalue weighted by atomic mass is 9.97. The molecule has 1 aliphatic heterocycles. The Bertz CT molecular complexity index is 1430. The Morgan fingerprint density at radius 1 is 1.03 bits per heavy atom. The highest BCUT2D eigenvalue weighted by Gasteiger charge is 2.29. The second kappa shape index (κ2) is 9.87. The maximum atomic E-state index is 13.8. The van der Waals surface area contributed by atoms with Crippen LogP contribution in [0.15, 0.2) is 83.7 Å². The number of halogens is 1. The van der Waals surface area contributed by atoms with Gasteiger partial charge in [-0.2, -0.15) is 0 Å². The molecule has 2 heterocycles. The summed E-state index contributed by atoms with van der Waals surface area (Å²) in [6.07, 6.45) is -0.212. The Labute approximate surface area is 213 Å². The summed E-state index contributed by atoms with van der Waals surface area (Å²) in [6, 6.07) is 24.3. The molecule has 2 N–H and O–H groups in total. The van der Waals surface area contributed by atoms with Crippen LogP contribution in [0.4, 0.5) is 10.7 Å². The molecule has 0 radical (unpaired) electrons. The van der Waals surface area contributed by atoms with Crippen LogP contribution >= 0.6 is 11.6 Å². The molecule has 0 saturated heterocycles. The van der Waals surface area contributed by atoms with Gasteiger partial charge in [0.2, 0.25) is 5.95 Å². The smallest absolute Gasteiger partial charge is 0.409 e. The van der Waals surface area contributed by atoms with Crippen molar-refractivity contribution in [3.63, 3.8) is 0 Å². The van der Waals surface area contributed by atoms with Gasteiger partial charge in [-0.05, 0) is 42.2 Å². The third-order valence-corrected chi connectivity index (χ3v) is 6.62. The number of rotatable bonds is 4. The van der Waals surface area contributed by atoms with Crippen molar-refractivity contribution in [2.24, 2.45) is 0 Å². The third-order valence-electron chi connectivity index (χ3n) is 6.33. The van der Waals surface area contributed by atoms with Gasteiger partial charge in [-0.3, -0.25) is 9.36 Å². The molecule has 7 nitrogen and oxygen atoms in total. The summed E-state index contributed by atoms with van der Waals surface area (Å²) in [7, 11) is 0. The number of benzene rings is 3. The lowest BCUT2D eigenvalue weighted by Crippen LogP contribution is -2.43. The van der Waals surface area contributed by atoms with Crippen LogP contribution < -0.4 is 16.0 Å². The Morgan fingerprint density at radius 2 is 1.67 bits per heavy atom. The molecule has 0 spiro atoms. The average molecular weight is 501 g/mol. The number of anilines is 1. The van der Waals surface area contributed by atoms with E-state index in [1.165, 1.54) is 4.90 Å². The minimum atomic E-state index is -0.553. The molecule has 1 amide bonds. The fourth-order valence-electron chi connectivity index (χ4n) is 4.53. The van der Waals surface area contributed by atoms with E-state index >= 15 is 0 Å². The molecule has 4 aromatic rings. The van der Waals surface area contributed by atoms with Crippen molar-refractivity contribution in [2.45, 2.75) is 25.9 Å².